The molecule has 4 heteroatoms. The zero-order valence-corrected chi connectivity index (χ0v) is 15.4. The molecule has 2 atom stereocenters. The Morgan fingerprint density at radius 2 is 1.75 bits per heavy atom. The van der Waals surface area contributed by atoms with Crippen LogP contribution in [0.15, 0.2) is 48.5 Å². The molecule has 2 amide bonds. The summed E-state index contributed by atoms with van der Waals surface area (Å²) in [5.74, 6) is -0.495. The van der Waals surface area contributed by atoms with E-state index in [-0.39, 0.29) is 11.8 Å². The van der Waals surface area contributed by atoms with Crippen LogP contribution in [0.4, 0.5) is 0 Å². The average Bonchev–Trinajstić information content (AvgIpc) is 2.89. The Labute approximate surface area is 144 Å². The van der Waals surface area contributed by atoms with Crippen molar-refractivity contribution in [2.75, 3.05) is 0 Å². The lowest BCUT2D eigenvalue weighted by atomic mass is 10.0. The van der Waals surface area contributed by atoms with Crippen LogP contribution < -0.4 is 5.32 Å². The quantitative estimate of drug-likeness (QED) is 0.645. The van der Waals surface area contributed by atoms with Gasteiger partial charge >= 0.3 is 0 Å². The van der Waals surface area contributed by atoms with Gasteiger partial charge in [-0.25, -0.2) is 0 Å². The van der Waals surface area contributed by atoms with E-state index in [4.69, 9.17) is 0 Å². The van der Waals surface area contributed by atoms with Crippen molar-refractivity contribution in [3.8, 4) is 0 Å². The van der Waals surface area contributed by atoms with Crippen molar-refractivity contribution in [2.45, 2.75) is 37.9 Å². The van der Waals surface area contributed by atoms with E-state index in [1.54, 1.807) is 6.07 Å². The van der Waals surface area contributed by atoms with E-state index in [0.717, 1.165) is 12.0 Å². The number of rotatable bonds is 6. The number of nitrogens with one attached hydrogen (secondary N) is 1. The van der Waals surface area contributed by atoms with Crippen LogP contribution in [0.1, 0.15) is 50.7 Å². The van der Waals surface area contributed by atoms with Crippen LogP contribution in [0.2, 0.25) is 12.6 Å². The molecule has 0 aromatic heterocycles. The van der Waals surface area contributed by atoms with Gasteiger partial charge in [-0.1, -0.05) is 68.4 Å². The molecule has 0 saturated carbocycles. The Hall–Kier alpha value is -2.20. The Bertz CT molecular complexity index is 757. The largest absolute Gasteiger partial charge is 0.288 e. The Morgan fingerprint density at radius 3 is 2.50 bits per heavy atom. The highest BCUT2D eigenvalue weighted by Gasteiger charge is 2.31. The van der Waals surface area contributed by atoms with Gasteiger partial charge in [0.2, 0.25) is 0 Å². The van der Waals surface area contributed by atoms with E-state index in [2.05, 4.69) is 43.1 Å². The highest BCUT2D eigenvalue weighted by molar-refractivity contribution is 6.59. The van der Waals surface area contributed by atoms with Gasteiger partial charge in [0.15, 0.2) is 0 Å². The summed E-state index contributed by atoms with van der Waals surface area (Å²) >= 11 is 0. The molecule has 0 aliphatic carbocycles. The Balaban J connectivity index is 1.67. The average molecular weight is 337 g/mol. The van der Waals surface area contributed by atoms with Crippen LogP contribution in [0, 0.1) is 0 Å². The topological polar surface area (TPSA) is 46.2 Å². The first kappa shape index (κ1) is 16.6. The van der Waals surface area contributed by atoms with E-state index in [1.807, 2.05) is 18.2 Å². The molecule has 0 radical (unpaired) electrons. The number of hydrogen-bond acceptors (Lipinski definition) is 2. The highest BCUT2D eigenvalue weighted by atomic mass is 28.3. The molecule has 0 fully saturated rings. The second-order valence-corrected chi connectivity index (χ2v) is 10.2. The first-order chi connectivity index (χ1) is 11.6. The summed E-state index contributed by atoms with van der Waals surface area (Å²) in [6, 6.07) is 17.5. The van der Waals surface area contributed by atoms with Crippen LogP contribution in [0.5, 0.6) is 0 Å². The van der Waals surface area contributed by atoms with Crippen molar-refractivity contribution < 1.29 is 9.59 Å². The van der Waals surface area contributed by atoms with Crippen molar-refractivity contribution >= 4 is 20.6 Å². The maximum absolute atomic E-state index is 12.1. The lowest BCUT2D eigenvalue weighted by molar-refractivity contribution is 0.0879. The van der Waals surface area contributed by atoms with E-state index >= 15 is 0 Å². The van der Waals surface area contributed by atoms with Crippen LogP contribution in [-0.4, -0.2) is 20.6 Å². The molecule has 0 saturated heterocycles. The third-order valence-electron chi connectivity index (χ3n) is 5.11. The summed E-state index contributed by atoms with van der Waals surface area (Å²) in [4.78, 5) is 23.9. The summed E-state index contributed by atoms with van der Waals surface area (Å²) in [5, 5.41) is 2.42. The second-order valence-electron chi connectivity index (χ2n) is 6.70. The standard InChI is InChI=1S/C20H23NO2Si/c1-14(24(2)13-7-10-15-8-4-3-5-9-15)16-11-6-12-17-18(16)20(23)21-19(17)22/h3-6,8-9,11-12,14,24H,7,10,13H2,1-2H3,(H,21,22,23). The molecule has 1 aliphatic rings. The van der Waals surface area contributed by atoms with Gasteiger partial charge in [0.05, 0.1) is 11.1 Å². The number of fused-ring (bicyclic) bond motifs is 1. The van der Waals surface area contributed by atoms with E-state index in [0.29, 0.717) is 16.7 Å². The van der Waals surface area contributed by atoms with E-state index in [1.165, 1.54) is 18.0 Å². The molecule has 1 N–H and O–H groups in total. The van der Waals surface area contributed by atoms with Gasteiger partial charge in [-0.3, -0.25) is 14.9 Å². The summed E-state index contributed by atoms with van der Waals surface area (Å²) in [5.41, 5.74) is 3.96. The van der Waals surface area contributed by atoms with Crippen molar-refractivity contribution in [1.29, 1.82) is 0 Å². The summed E-state index contributed by atoms with van der Waals surface area (Å²) in [6.45, 7) is 4.58. The van der Waals surface area contributed by atoms with Crippen molar-refractivity contribution in [1.82, 2.24) is 5.32 Å². The molecular weight excluding hydrogens is 314 g/mol. The lowest BCUT2D eigenvalue weighted by Gasteiger charge is -2.21. The second kappa shape index (κ2) is 7.14. The first-order valence-electron chi connectivity index (χ1n) is 8.60. The molecule has 0 bridgehead atoms. The summed E-state index contributed by atoms with van der Waals surface area (Å²) in [7, 11) is -1.04. The summed E-state index contributed by atoms with van der Waals surface area (Å²) in [6.07, 6.45) is 2.29. The minimum absolute atomic E-state index is 0.233. The first-order valence-corrected chi connectivity index (χ1v) is 11.2. The third-order valence-corrected chi connectivity index (χ3v) is 8.49. The Kier molecular flexibility index (Phi) is 4.95. The highest BCUT2D eigenvalue weighted by Crippen LogP contribution is 2.29. The van der Waals surface area contributed by atoms with Crippen LogP contribution >= 0.6 is 0 Å². The minimum Gasteiger partial charge on any atom is -0.288 e. The molecule has 24 heavy (non-hydrogen) atoms. The number of amides is 2. The summed E-state index contributed by atoms with van der Waals surface area (Å²) < 4.78 is 0. The van der Waals surface area contributed by atoms with Gasteiger partial charge in [-0.05, 0) is 29.2 Å². The molecule has 2 unspecified atom stereocenters. The van der Waals surface area contributed by atoms with Gasteiger partial charge in [0.1, 0.15) is 0 Å². The van der Waals surface area contributed by atoms with E-state index in [9.17, 15) is 9.59 Å². The number of carbonyl (C=O) groups is 2. The minimum atomic E-state index is -1.04. The van der Waals surface area contributed by atoms with Crippen LogP contribution in [0.25, 0.3) is 0 Å². The number of benzene rings is 2. The molecule has 1 aliphatic heterocycles. The smallest absolute Gasteiger partial charge is 0.259 e. The number of imide groups is 1. The number of aryl methyl sites for hydroxylation is 1. The molecule has 3 rings (SSSR count). The van der Waals surface area contributed by atoms with Gasteiger partial charge < -0.3 is 0 Å². The maximum atomic E-state index is 12.1. The van der Waals surface area contributed by atoms with Gasteiger partial charge in [0, 0.05) is 8.80 Å². The Morgan fingerprint density at radius 1 is 1.00 bits per heavy atom. The van der Waals surface area contributed by atoms with E-state index < -0.39 is 8.80 Å². The number of hydrogen-bond donors (Lipinski definition) is 1. The third kappa shape index (κ3) is 3.34. The molecule has 0 spiro atoms. The van der Waals surface area contributed by atoms with Crippen molar-refractivity contribution in [3.05, 3.63) is 70.8 Å². The van der Waals surface area contributed by atoms with Gasteiger partial charge in [-0.15, -0.1) is 0 Å². The molecule has 2 aromatic rings. The maximum Gasteiger partial charge on any atom is 0.259 e. The van der Waals surface area contributed by atoms with Crippen LogP contribution in [-0.2, 0) is 6.42 Å². The van der Waals surface area contributed by atoms with Gasteiger partial charge in [0.25, 0.3) is 11.8 Å². The SMILES string of the molecule is CC(c1cccc2c1C(=O)NC2=O)[SiH](C)CCCc1ccccc1. The predicted octanol–water partition coefficient (Wildman–Crippen LogP) is 3.70. The normalized spacial score (nSPS) is 15.8. The zero-order valence-electron chi connectivity index (χ0n) is 14.2. The van der Waals surface area contributed by atoms with Crippen molar-refractivity contribution in [3.63, 3.8) is 0 Å². The number of carbonyl (C=O) groups excluding carboxylic acids is 2. The fraction of sp³-hybridized carbons (Fsp3) is 0.300. The fourth-order valence-electron chi connectivity index (χ4n) is 3.45. The van der Waals surface area contributed by atoms with Crippen molar-refractivity contribution in [2.24, 2.45) is 0 Å². The molecule has 2 aromatic carbocycles. The predicted molar refractivity (Wildman–Crippen MR) is 99.2 cm³/mol. The monoisotopic (exact) mass is 337 g/mol. The molecular formula is C20H23NO2Si. The molecule has 3 nitrogen and oxygen atoms in total. The zero-order chi connectivity index (χ0) is 17.1. The van der Waals surface area contributed by atoms with Crippen LogP contribution in [0.3, 0.4) is 0 Å². The fourth-order valence-corrected chi connectivity index (χ4v) is 5.69. The molecule has 124 valence electrons. The lowest BCUT2D eigenvalue weighted by Crippen LogP contribution is -2.22. The molecule has 1 heterocycles. The van der Waals surface area contributed by atoms with Gasteiger partial charge in [-0.2, -0.15) is 0 Å².